The Hall–Kier alpha value is -0.920. The first-order valence-corrected chi connectivity index (χ1v) is 9.24. The molecule has 0 amide bonds. The van der Waals surface area contributed by atoms with Crippen LogP contribution in [-0.2, 0) is 9.84 Å². The lowest BCUT2D eigenvalue weighted by molar-refractivity contribution is 0.347. The molecule has 108 valence electrons. The smallest absolute Gasteiger partial charge is 0.195 e. The fraction of sp³-hybridized carbons (Fsp3) is 0.462. The standard InChI is InChI=1S/C13H16BrN3O2S/c1-20(18,19)13-11-8-9(14)2-3-12(11)17(16-13)10-4-6-15-7-5-10/h2-3,8,10,15H,4-7H2,1H3. The molecule has 1 fully saturated rings. The molecule has 0 spiro atoms. The summed E-state index contributed by atoms with van der Waals surface area (Å²) in [5, 5.41) is 8.59. The molecule has 2 heterocycles. The summed E-state index contributed by atoms with van der Waals surface area (Å²) in [7, 11) is -3.33. The van der Waals surface area contributed by atoms with Gasteiger partial charge in [-0.25, -0.2) is 8.42 Å². The second-order valence-corrected chi connectivity index (χ2v) is 8.01. The molecule has 0 bridgehead atoms. The quantitative estimate of drug-likeness (QED) is 0.893. The van der Waals surface area contributed by atoms with Gasteiger partial charge in [-0.15, -0.1) is 0 Å². The van der Waals surface area contributed by atoms with Crippen LogP contribution in [0.4, 0.5) is 0 Å². The molecule has 3 rings (SSSR count). The Morgan fingerprint density at radius 2 is 2.05 bits per heavy atom. The van der Waals surface area contributed by atoms with Crippen LogP contribution in [0.25, 0.3) is 10.9 Å². The number of halogens is 1. The van der Waals surface area contributed by atoms with E-state index in [0.717, 1.165) is 35.9 Å². The minimum atomic E-state index is -3.33. The number of sulfone groups is 1. The van der Waals surface area contributed by atoms with Crippen molar-refractivity contribution < 1.29 is 8.42 Å². The van der Waals surface area contributed by atoms with Crippen molar-refractivity contribution in [3.8, 4) is 0 Å². The molecule has 1 aromatic heterocycles. The topological polar surface area (TPSA) is 64.0 Å². The van der Waals surface area contributed by atoms with Crippen molar-refractivity contribution in [3.63, 3.8) is 0 Å². The molecule has 7 heteroatoms. The van der Waals surface area contributed by atoms with Crippen molar-refractivity contribution in [3.05, 3.63) is 22.7 Å². The van der Waals surface area contributed by atoms with E-state index in [1.165, 1.54) is 6.26 Å². The minimum Gasteiger partial charge on any atom is -0.317 e. The molecule has 1 N–H and O–H groups in total. The van der Waals surface area contributed by atoms with Crippen LogP contribution in [-0.4, -0.2) is 37.5 Å². The lowest BCUT2D eigenvalue weighted by Gasteiger charge is -2.23. The van der Waals surface area contributed by atoms with E-state index in [4.69, 9.17) is 0 Å². The minimum absolute atomic E-state index is 0.173. The predicted octanol–water partition coefficient (Wildman–Crippen LogP) is 2.13. The van der Waals surface area contributed by atoms with Crippen LogP contribution in [0.3, 0.4) is 0 Å². The lowest BCUT2D eigenvalue weighted by atomic mass is 10.1. The normalized spacial score (nSPS) is 17.7. The first-order valence-electron chi connectivity index (χ1n) is 6.55. The Morgan fingerprint density at radius 1 is 1.35 bits per heavy atom. The van der Waals surface area contributed by atoms with Crippen LogP contribution < -0.4 is 5.32 Å². The maximum absolute atomic E-state index is 12.0. The molecular formula is C13H16BrN3O2S. The molecule has 0 unspecified atom stereocenters. The van der Waals surface area contributed by atoms with Gasteiger partial charge in [0.2, 0.25) is 0 Å². The van der Waals surface area contributed by atoms with E-state index < -0.39 is 9.84 Å². The molecule has 0 atom stereocenters. The van der Waals surface area contributed by atoms with E-state index in [1.54, 1.807) is 0 Å². The summed E-state index contributed by atoms with van der Waals surface area (Å²) in [6.45, 7) is 1.88. The second-order valence-electron chi connectivity index (χ2n) is 5.16. The number of rotatable bonds is 2. The molecule has 1 aliphatic rings. The number of aromatic nitrogens is 2. The molecule has 1 aromatic carbocycles. The van der Waals surface area contributed by atoms with Gasteiger partial charge in [-0.3, -0.25) is 4.68 Å². The molecule has 1 saturated heterocycles. The highest BCUT2D eigenvalue weighted by Crippen LogP contribution is 2.30. The summed E-state index contributed by atoms with van der Waals surface area (Å²) >= 11 is 3.40. The fourth-order valence-electron chi connectivity index (χ4n) is 2.69. The molecule has 2 aromatic rings. The van der Waals surface area contributed by atoms with Crippen LogP contribution in [0.1, 0.15) is 18.9 Å². The van der Waals surface area contributed by atoms with Gasteiger partial charge in [0.15, 0.2) is 14.9 Å². The van der Waals surface area contributed by atoms with Gasteiger partial charge in [0.1, 0.15) is 0 Å². The number of benzene rings is 1. The fourth-order valence-corrected chi connectivity index (χ4v) is 3.85. The zero-order chi connectivity index (χ0) is 14.3. The van der Waals surface area contributed by atoms with Gasteiger partial charge in [0, 0.05) is 16.1 Å². The highest BCUT2D eigenvalue weighted by atomic mass is 79.9. The average molecular weight is 358 g/mol. The van der Waals surface area contributed by atoms with Crippen LogP contribution in [0.15, 0.2) is 27.7 Å². The lowest BCUT2D eigenvalue weighted by Crippen LogP contribution is -2.29. The Kier molecular flexibility index (Phi) is 3.60. The zero-order valence-corrected chi connectivity index (χ0v) is 13.5. The number of nitrogens with one attached hydrogen (secondary N) is 1. The van der Waals surface area contributed by atoms with E-state index >= 15 is 0 Å². The van der Waals surface area contributed by atoms with Crippen molar-refractivity contribution >= 4 is 36.7 Å². The molecule has 5 nitrogen and oxygen atoms in total. The number of hydrogen-bond donors (Lipinski definition) is 1. The number of hydrogen-bond acceptors (Lipinski definition) is 4. The Bertz CT molecular complexity index is 748. The van der Waals surface area contributed by atoms with Crippen molar-refractivity contribution in [2.24, 2.45) is 0 Å². The second kappa shape index (κ2) is 5.13. The highest BCUT2D eigenvalue weighted by Gasteiger charge is 2.24. The van der Waals surface area contributed by atoms with E-state index in [0.29, 0.717) is 5.39 Å². The zero-order valence-electron chi connectivity index (χ0n) is 11.1. The van der Waals surface area contributed by atoms with Crippen LogP contribution >= 0.6 is 15.9 Å². The summed E-state index contributed by atoms with van der Waals surface area (Å²) < 4.78 is 26.7. The van der Waals surface area contributed by atoms with E-state index in [9.17, 15) is 8.42 Å². The summed E-state index contributed by atoms with van der Waals surface area (Å²) in [4.78, 5) is 0. The van der Waals surface area contributed by atoms with E-state index in [-0.39, 0.29) is 11.1 Å². The maximum atomic E-state index is 12.0. The summed E-state index contributed by atoms with van der Waals surface area (Å²) in [5.41, 5.74) is 0.889. The van der Waals surface area contributed by atoms with Gasteiger partial charge in [0.25, 0.3) is 0 Å². The Labute approximate surface area is 126 Å². The van der Waals surface area contributed by atoms with Gasteiger partial charge in [0.05, 0.1) is 11.6 Å². The van der Waals surface area contributed by atoms with Gasteiger partial charge in [-0.05, 0) is 44.1 Å². The summed E-state index contributed by atoms with van der Waals surface area (Å²) in [6.07, 6.45) is 3.15. The molecular weight excluding hydrogens is 342 g/mol. The van der Waals surface area contributed by atoms with Crippen LogP contribution in [0.5, 0.6) is 0 Å². The highest BCUT2D eigenvalue weighted by molar-refractivity contribution is 9.10. The first-order chi connectivity index (χ1) is 9.47. The average Bonchev–Trinajstić information content (AvgIpc) is 2.78. The van der Waals surface area contributed by atoms with E-state index in [1.807, 2.05) is 22.9 Å². The number of fused-ring (bicyclic) bond motifs is 1. The summed E-state index contributed by atoms with van der Waals surface area (Å²) in [6, 6.07) is 5.95. The third-order valence-electron chi connectivity index (χ3n) is 3.64. The van der Waals surface area contributed by atoms with Crippen molar-refractivity contribution in [2.75, 3.05) is 19.3 Å². The van der Waals surface area contributed by atoms with Crippen molar-refractivity contribution in [1.29, 1.82) is 0 Å². The van der Waals surface area contributed by atoms with Gasteiger partial charge in [-0.2, -0.15) is 5.10 Å². The van der Waals surface area contributed by atoms with Crippen LogP contribution in [0.2, 0.25) is 0 Å². The molecule has 1 aliphatic heterocycles. The third-order valence-corrected chi connectivity index (χ3v) is 5.14. The van der Waals surface area contributed by atoms with Crippen molar-refractivity contribution in [1.82, 2.24) is 15.1 Å². The molecule has 0 aliphatic carbocycles. The van der Waals surface area contributed by atoms with E-state index in [2.05, 4.69) is 26.3 Å². The number of piperidine rings is 1. The molecule has 20 heavy (non-hydrogen) atoms. The Morgan fingerprint density at radius 3 is 2.70 bits per heavy atom. The van der Waals surface area contributed by atoms with Gasteiger partial charge < -0.3 is 5.32 Å². The SMILES string of the molecule is CS(=O)(=O)c1nn(C2CCNCC2)c2ccc(Br)cc12. The van der Waals surface area contributed by atoms with Crippen molar-refractivity contribution in [2.45, 2.75) is 23.9 Å². The molecule has 0 saturated carbocycles. The Balaban J connectivity index is 2.22. The third kappa shape index (κ3) is 2.49. The molecule has 0 radical (unpaired) electrons. The van der Waals surface area contributed by atoms with Crippen LogP contribution in [0, 0.1) is 0 Å². The summed E-state index contributed by atoms with van der Waals surface area (Å²) in [5.74, 6) is 0. The monoisotopic (exact) mass is 357 g/mol. The largest absolute Gasteiger partial charge is 0.317 e. The predicted molar refractivity (Wildman–Crippen MR) is 81.7 cm³/mol. The maximum Gasteiger partial charge on any atom is 0.195 e. The van der Waals surface area contributed by atoms with Gasteiger partial charge >= 0.3 is 0 Å². The number of nitrogens with zero attached hydrogens (tertiary/aromatic N) is 2. The van der Waals surface area contributed by atoms with Gasteiger partial charge in [-0.1, -0.05) is 15.9 Å². The first kappa shape index (κ1) is 14.0.